The van der Waals surface area contributed by atoms with Gasteiger partial charge in [-0.2, -0.15) is 0 Å². The minimum Gasteiger partial charge on any atom is -0.310 e. The lowest BCUT2D eigenvalue weighted by atomic mass is 10.1. The SMILES string of the molecule is CC(Cl)CC(C)NCc1ccc(Br)cc1F. The van der Waals surface area contributed by atoms with Crippen LogP contribution in [-0.4, -0.2) is 11.4 Å². The second kappa shape index (κ2) is 6.58. The monoisotopic (exact) mass is 307 g/mol. The van der Waals surface area contributed by atoms with Crippen molar-refractivity contribution in [1.29, 1.82) is 0 Å². The molecule has 0 amide bonds. The molecule has 0 aromatic heterocycles. The number of hydrogen-bond acceptors (Lipinski definition) is 1. The predicted octanol–water partition coefficient (Wildman–Crippen LogP) is 4.08. The maximum absolute atomic E-state index is 13.5. The highest BCUT2D eigenvalue weighted by Crippen LogP contribution is 2.15. The van der Waals surface area contributed by atoms with Crippen molar-refractivity contribution in [3.63, 3.8) is 0 Å². The molecule has 2 unspecified atom stereocenters. The summed E-state index contributed by atoms with van der Waals surface area (Å²) in [4.78, 5) is 0. The van der Waals surface area contributed by atoms with Crippen LogP contribution in [0.1, 0.15) is 25.8 Å². The van der Waals surface area contributed by atoms with Gasteiger partial charge in [0.15, 0.2) is 0 Å². The van der Waals surface area contributed by atoms with Crippen LogP contribution in [0, 0.1) is 5.82 Å². The lowest BCUT2D eigenvalue weighted by Gasteiger charge is -2.15. The first-order valence-electron chi connectivity index (χ1n) is 5.30. The normalized spacial score (nSPS) is 14.8. The van der Waals surface area contributed by atoms with Crippen molar-refractivity contribution in [2.75, 3.05) is 0 Å². The maximum atomic E-state index is 13.5. The average molecular weight is 309 g/mol. The Bertz CT molecular complexity index is 344. The van der Waals surface area contributed by atoms with Crippen LogP contribution in [-0.2, 0) is 6.54 Å². The molecule has 4 heteroatoms. The number of rotatable bonds is 5. The van der Waals surface area contributed by atoms with E-state index < -0.39 is 0 Å². The van der Waals surface area contributed by atoms with Gasteiger partial charge in [0.2, 0.25) is 0 Å². The van der Waals surface area contributed by atoms with Crippen LogP contribution in [0.5, 0.6) is 0 Å². The number of nitrogens with one attached hydrogen (secondary N) is 1. The number of benzene rings is 1. The molecule has 1 aromatic carbocycles. The van der Waals surface area contributed by atoms with Gasteiger partial charge in [-0.3, -0.25) is 0 Å². The summed E-state index contributed by atoms with van der Waals surface area (Å²) in [6, 6.07) is 5.39. The molecule has 0 bridgehead atoms. The van der Waals surface area contributed by atoms with Crippen LogP contribution in [0.2, 0.25) is 0 Å². The van der Waals surface area contributed by atoms with Crippen molar-refractivity contribution in [3.8, 4) is 0 Å². The quantitative estimate of drug-likeness (QED) is 0.808. The Labute approximate surface area is 110 Å². The highest BCUT2D eigenvalue weighted by Gasteiger charge is 2.07. The van der Waals surface area contributed by atoms with Gasteiger partial charge in [-0.15, -0.1) is 11.6 Å². The Hall–Kier alpha value is -0.120. The van der Waals surface area contributed by atoms with E-state index in [1.807, 2.05) is 13.0 Å². The third kappa shape index (κ3) is 4.81. The van der Waals surface area contributed by atoms with Crippen molar-refractivity contribution in [2.24, 2.45) is 0 Å². The van der Waals surface area contributed by atoms with Crippen molar-refractivity contribution in [1.82, 2.24) is 5.32 Å². The van der Waals surface area contributed by atoms with Crippen molar-refractivity contribution in [3.05, 3.63) is 34.1 Å². The van der Waals surface area contributed by atoms with Gasteiger partial charge < -0.3 is 5.32 Å². The van der Waals surface area contributed by atoms with Gasteiger partial charge in [-0.25, -0.2) is 4.39 Å². The molecular weight excluding hydrogens is 292 g/mol. The van der Waals surface area contributed by atoms with Crippen LogP contribution in [0.3, 0.4) is 0 Å². The predicted molar refractivity (Wildman–Crippen MR) is 70.3 cm³/mol. The first kappa shape index (κ1) is 13.9. The third-order valence-electron chi connectivity index (χ3n) is 2.33. The first-order valence-corrected chi connectivity index (χ1v) is 6.53. The van der Waals surface area contributed by atoms with E-state index in [2.05, 4.69) is 28.2 Å². The molecule has 2 atom stereocenters. The largest absolute Gasteiger partial charge is 0.310 e. The van der Waals surface area contributed by atoms with E-state index in [0.29, 0.717) is 12.1 Å². The lowest BCUT2D eigenvalue weighted by Crippen LogP contribution is -2.27. The van der Waals surface area contributed by atoms with Crippen LogP contribution < -0.4 is 5.32 Å². The molecule has 0 aliphatic carbocycles. The lowest BCUT2D eigenvalue weighted by molar-refractivity contribution is 0.499. The fourth-order valence-electron chi connectivity index (χ4n) is 1.52. The smallest absolute Gasteiger partial charge is 0.128 e. The van der Waals surface area contributed by atoms with Gasteiger partial charge in [0.1, 0.15) is 5.82 Å². The molecule has 90 valence electrons. The number of alkyl halides is 1. The zero-order chi connectivity index (χ0) is 12.1. The minimum absolute atomic E-state index is 0.136. The topological polar surface area (TPSA) is 12.0 Å². The Balaban J connectivity index is 2.48. The fourth-order valence-corrected chi connectivity index (χ4v) is 2.12. The second-order valence-corrected chi connectivity index (χ2v) is 5.69. The Morgan fingerprint density at radius 3 is 2.69 bits per heavy atom. The highest BCUT2D eigenvalue weighted by atomic mass is 79.9. The molecule has 0 spiro atoms. The molecule has 1 rings (SSSR count). The standard InChI is InChI=1S/C12H16BrClFN/c1-8(14)5-9(2)16-7-10-3-4-11(13)6-12(10)15/h3-4,6,8-9,16H,5,7H2,1-2H3. The summed E-state index contributed by atoms with van der Waals surface area (Å²) < 4.78 is 14.2. The van der Waals surface area contributed by atoms with E-state index in [1.165, 1.54) is 6.07 Å². The number of halogens is 3. The zero-order valence-electron chi connectivity index (χ0n) is 9.43. The average Bonchev–Trinajstić information content (AvgIpc) is 2.15. The van der Waals surface area contributed by atoms with Gasteiger partial charge in [0.05, 0.1) is 0 Å². The molecule has 1 aromatic rings. The van der Waals surface area contributed by atoms with E-state index in [9.17, 15) is 4.39 Å². The van der Waals surface area contributed by atoms with Crippen LogP contribution in [0.25, 0.3) is 0 Å². The van der Waals surface area contributed by atoms with Crippen molar-refractivity contribution >= 4 is 27.5 Å². The van der Waals surface area contributed by atoms with Crippen LogP contribution in [0.15, 0.2) is 22.7 Å². The van der Waals surface area contributed by atoms with Gasteiger partial charge in [0, 0.05) is 28.0 Å². The minimum atomic E-state index is -0.187. The molecule has 1 N–H and O–H groups in total. The molecule has 0 heterocycles. The molecule has 0 aliphatic rings. The molecular formula is C12H16BrClFN. The third-order valence-corrected chi connectivity index (χ3v) is 3.01. The summed E-state index contributed by atoms with van der Waals surface area (Å²) >= 11 is 9.12. The summed E-state index contributed by atoms with van der Waals surface area (Å²) in [6.07, 6.45) is 0.875. The summed E-state index contributed by atoms with van der Waals surface area (Å²) in [6.45, 7) is 4.54. The van der Waals surface area contributed by atoms with Gasteiger partial charge >= 0.3 is 0 Å². The summed E-state index contributed by atoms with van der Waals surface area (Å²) in [5.41, 5.74) is 0.678. The molecule has 16 heavy (non-hydrogen) atoms. The molecule has 0 radical (unpaired) electrons. The van der Waals surface area contributed by atoms with E-state index in [0.717, 1.165) is 10.9 Å². The molecule has 0 saturated heterocycles. The van der Waals surface area contributed by atoms with Gasteiger partial charge in [-0.05, 0) is 32.4 Å². The highest BCUT2D eigenvalue weighted by molar-refractivity contribution is 9.10. The van der Waals surface area contributed by atoms with Gasteiger partial charge in [0.25, 0.3) is 0 Å². The van der Waals surface area contributed by atoms with Crippen LogP contribution >= 0.6 is 27.5 Å². The number of hydrogen-bond donors (Lipinski definition) is 1. The maximum Gasteiger partial charge on any atom is 0.128 e. The zero-order valence-corrected chi connectivity index (χ0v) is 11.8. The second-order valence-electron chi connectivity index (χ2n) is 4.03. The first-order chi connectivity index (χ1) is 7.49. The molecule has 0 fully saturated rings. The Morgan fingerprint density at radius 2 is 2.12 bits per heavy atom. The van der Waals surface area contributed by atoms with E-state index >= 15 is 0 Å². The van der Waals surface area contributed by atoms with Gasteiger partial charge in [-0.1, -0.05) is 22.0 Å². The van der Waals surface area contributed by atoms with Crippen molar-refractivity contribution in [2.45, 2.75) is 38.2 Å². The summed E-state index contributed by atoms with van der Waals surface area (Å²) in [5, 5.41) is 3.39. The molecule has 1 nitrogen and oxygen atoms in total. The molecule has 0 aliphatic heterocycles. The van der Waals surface area contributed by atoms with E-state index in [4.69, 9.17) is 11.6 Å². The van der Waals surface area contributed by atoms with E-state index in [-0.39, 0.29) is 17.2 Å². The Kier molecular flexibility index (Phi) is 5.73. The summed E-state index contributed by atoms with van der Waals surface area (Å²) in [7, 11) is 0. The van der Waals surface area contributed by atoms with E-state index in [1.54, 1.807) is 6.07 Å². The Morgan fingerprint density at radius 1 is 1.44 bits per heavy atom. The van der Waals surface area contributed by atoms with Crippen molar-refractivity contribution < 1.29 is 4.39 Å². The summed E-state index contributed by atoms with van der Waals surface area (Å²) in [5.74, 6) is -0.187. The fraction of sp³-hybridized carbons (Fsp3) is 0.500. The molecule has 0 saturated carbocycles. The van der Waals surface area contributed by atoms with Crippen LogP contribution in [0.4, 0.5) is 4.39 Å².